The van der Waals surface area contributed by atoms with Crippen LogP contribution in [0.2, 0.25) is 5.15 Å². The number of carbonyl (C=O) groups excluding carboxylic acids is 1. The van der Waals surface area contributed by atoms with Crippen LogP contribution in [0.15, 0.2) is 18.3 Å². The summed E-state index contributed by atoms with van der Waals surface area (Å²) in [5.74, 6) is -0.0175. The molecule has 1 saturated heterocycles. The average molecular weight is 296 g/mol. The number of carbonyl (C=O) groups is 1. The van der Waals surface area contributed by atoms with E-state index in [-0.39, 0.29) is 23.0 Å². The Hall–Kier alpha value is -1.13. The molecule has 20 heavy (non-hydrogen) atoms. The van der Waals surface area contributed by atoms with Gasteiger partial charge in [-0.1, -0.05) is 11.6 Å². The molecule has 0 saturated carbocycles. The number of hydrogen-bond acceptors (Lipinski definition) is 3. The number of rotatable bonds is 1. The Kier molecular flexibility index (Phi) is 3.82. The van der Waals surface area contributed by atoms with Crippen molar-refractivity contribution < 1.29 is 4.79 Å². The van der Waals surface area contributed by atoms with Crippen molar-refractivity contribution in [1.82, 2.24) is 9.88 Å². The van der Waals surface area contributed by atoms with Crippen LogP contribution < -0.4 is 5.73 Å². The lowest BCUT2D eigenvalue weighted by Gasteiger charge is -2.54. The van der Waals surface area contributed by atoms with Gasteiger partial charge in [0.05, 0.1) is 5.56 Å². The van der Waals surface area contributed by atoms with Gasteiger partial charge in [0.15, 0.2) is 0 Å². The Bertz CT molecular complexity index is 492. The van der Waals surface area contributed by atoms with Crippen molar-refractivity contribution in [2.24, 2.45) is 5.73 Å². The van der Waals surface area contributed by atoms with Crippen molar-refractivity contribution in [3.8, 4) is 0 Å². The van der Waals surface area contributed by atoms with Crippen molar-refractivity contribution >= 4 is 17.5 Å². The monoisotopic (exact) mass is 295 g/mol. The Labute approximate surface area is 125 Å². The van der Waals surface area contributed by atoms with Crippen LogP contribution in [0.4, 0.5) is 0 Å². The highest BCUT2D eigenvalue weighted by Gasteiger charge is 2.47. The molecule has 1 aliphatic heterocycles. The Morgan fingerprint density at radius 1 is 1.30 bits per heavy atom. The first-order chi connectivity index (χ1) is 9.13. The normalized spacial score (nSPS) is 21.8. The first-order valence-electron chi connectivity index (χ1n) is 6.85. The van der Waals surface area contributed by atoms with Crippen molar-refractivity contribution in [1.29, 1.82) is 0 Å². The minimum Gasteiger partial charge on any atom is -0.328 e. The second-order valence-corrected chi connectivity index (χ2v) is 7.19. The summed E-state index contributed by atoms with van der Waals surface area (Å²) in [5.41, 5.74) is 6.14. The lowest BCUT2D eigenvalue weighted by Crippen LogP contribution is -2.65. The first kappa shape index (κ1) is 15.3. The van der Waals surface area contributed by atoms with E-state index in [1.165, 1.54) is 6.20 Å². The third-order valence-corrected chi connectivity index (χ3v) is 4.14. The van der Waals surface area contributed by atoms with Gasteiger partial charge in [0.1, 0.15) is 5.15 Å². The minimum absolute atomic E-state index is 0.0175. The number of nitrogens with two attached hydrogens (primary N) is 1. The highest BCUT2D eigenvalue weighted by Crippen LogP contribution is 2.38. The summed E-state index contributed by atoms with van der Waals surface area (Å²) in [5, 5.41) is 0.390. The highest BCUT2D eigenvalue weighted by molar-refractivity contribution is 6.29. The maximum atomic E-state index is 12.9. The fourth-order valence-corrected chi connectivity index (χ4v) is 3.65. The lowest BCUT2D eigenvalue weighted by molar-refractivity contribution is -0.0172. The Balaban J connectivity index is 2.37. The summed E-state index contributed by atoms with van der Waals surface area (Å²) in [6.07, 6.45) is 3.12. The zero-order valence-electron chi connectivity index (χ0n) is 12.5. The van der Waals surface area contributed by atoms with Crippen molar-refractivity contribution in [3.63, 3.8) is 0 Å². The van der Waals surface area contributed by atoms with Crippen LogP contribution in [0, 0.1) is 0 Å². The number of aromatic nitrogens is 1. The molecule has 0 spiro atoms. The van der Waals surface area contributed by atoms with Gasteiger partial charge in [-0.15, -0.1) is 0 Å². The van der Waals surface area contributed by atoms with Gasteiger partial charge in [0, 0.05) is 23.3 Å². The van der Waals surface area contributed by atoms with Gasteiger partial charge in [0.2, 0.25) is 0 Å². The summed E-state index contributed by atoms with van der Waals surface area (Å²) in [6, 6.07) is 3.48. The largest absolute Gasteiger partial charge is 0.328 e. The number of hydrogen-bond donors (Lipinski definition) is 1. The van der Waals surface area contributed by atoms with Crippen LogP contribution in [0.25, 0.3) is 0 Å². The van der Waals surface area contributed by atoms with E-state index in [0.29, 0.717) is 10.7 Å². The van der Waals surface area contributed by atoms with Crippen molar-refractivity contribution in [2.75, 3.05) is 0 Å². The molecule has 1 aromatic heterocycles. The summed E-state index contributed by atoms with van der Waals surface area (Å²) in [6.45, 7) is 8.26. The van der Waals surface area contributed by atoms with Crippen molar-refractivity contribution in [2.45, 2.75) is 57.7 Å². The third-order valence-electron chi connectivity index (χ3n) is 3.91. The molecule has 1 aromatic rings. The Morgan fingerprint density at radius 2 is 1.85 bits per heavy atom. The van der Waals surface area contributed by atoms with E-state index < -0.39 is 0 Å². The summed E-state index contributed by atoms with van der Waals surface area (Å²) in [4.78, 5) is 18.8. The lowest BCUT2D eigenvalue weighted by atomic mass is 9.77. The second kappa shape index (κ2) is 5.01. The second-order valence-electron chi connectivity index (χ2n) is 6.80. The van der Waals surface area contributed by atoms with E-state index in [0.717, 1.165) is 12.8 Å². The van der Waals surface area contributed by atoms with Crippen molar-refractivity contribution in [3.05, 3.63) is 29.0 Å². The van der Waals surface area contributed by atoms with Gasteiger partial charge >= 0.3 is 0 Å². The molecule has 1 amide bonds. The summed E-state index contributed by atoms with van der Waals surface area (Å²) < 4.78 is 0. The van der Waals surface area contributed by atoms with Crippen LogP contribution >= 0.6 is 11.6 Å². The predicted molar refractivity (Wildman–Crippen MR) is 80.8 cm³/mol. The fourth-order valence-electron chi connectivity index (χ4n) is 3.54. The van der Waals surface area contributed by atoms with Gasteiger partial charge in [-0.2, -0.15) is 0 Å². The summed E-state index contributed by atoms with van der Waals surface area (Å²) >= 11 is 5.78. The topological polar surface area (TPSA) is 59.2 Å². The maximum Gasteiger partial charge on any atom is 0.256 e. The van der Waals surface area contributed by atoms with Gasteiger partial charge in [-0.25, -0.2) is 4.98 Å². The SMILES string of the molecule is CC1(C)CC(N)CC(C)(C)N1C(=O)c1ccc(Cl)nc1. The smallest absolute Gasteiger partial charge is 0.256 e. The first-order valence-corrected chi connectivity index (χ1v) is 7.23. The van der Waals surface area contributed by atoms with Crippen LogP contribution in [0.1, 0.15) is 50.9 Å². The molecule has 1 aliphatic rings. The maximum absolute atomic E-state index is 12.9. The number of likely N-dealkylation sites (tertiary alicyclic amines) is 1. The number of amides is 1. The van der Waals surface area contributed by atoms with E-state index in [1.807, 2.05) is 4.90 Å². The highest BCUT2D eigenvalue weighted by atomic mass is 35.5. The third kappa shape index (κ3) is 2.81. The van der Waals surface area contributed by atoms with Crippen LogP contribution in [-0.2, 0) is 0 Å². The number of pyridine rings is 1. The van der Waals surface area contributed by atoms with Gasteiger partial charge in [-0.3, -0.25) is 4.79 Å². The molecule has 1 fully saturated rings. The molecule has 0 unspecified atom stereocenters. The molecular formula is C15H22ClN3O. The van der Waals surface area contributed by atoms with E-state index in [1.54, 1.807) is 12.1 Å². The minimum atomic E-state index is -0.280. The molecule has 0 atom stereocenters. The number of nitrogens with zero attached hydrogens (tertiary/aromatic N) is 2. The van der Waals surface area contributed by atoms with Crippen LogP contribution in [0.5, 0.6) is 0 Å². The predicted octanol–water partition coefficient (Wildman–Crippen LogP) is 2.86. The van der Waals surface area contributed by atoms with Gasteiger partial charge < -0.3 is 10.6 Å². The van der Waals surface area contributed by atoms with Gasteiger partial charge in [-0.05, 0) is 52.7 Å². The standard InChI is InChI=1S/C15H22ClN3O/c1-14(2)7-11(17)8-15(3,4)19(14)13(20)10-5-6-12(16)18-9-10/h5-6,9,11H,7-8,17H2,1-4H3. The molecule has 0 aliphatic carbocycles. The summed E-state index contributed by atoms with van der Waals surface area (Å²) in [7, 11) is 0. The molecule has 0 bridgehead atoms. The molecule has 4 nitrogen and oxygen atoms in total. The molecule has 0 aromatic carbocycles. The van der Waals surface area contributed by atoms with Gasteiger partial charge in [0.25, 0.3) is 5.91 Å². The van der Waals surface area contributed by atoms with Crippen LogP contribution in [-0.4, -0.2) is 32.9 Å². The molecule has 5 heteroatoms. The zero-order valence-corrected chi connectivity index (χ0v) is 13.2. The quantitative estimate of drug-likeness (QED) is 0.811. The molecule has 110 valence electrons. The zero-order chi connectivity index (χ0) is 15.1. The molecule has 2 heterocycles. The van der Waals surface area contributed by atoms with E-state index in [4.69, 9.17) is 17.3 Å². The number of piperidine rings is 1. The molecule has 0 radical (unpaired) electrons. The molecule has 2 rings (SSSR count). The number of halogens is 1. The molecular weight excluding hydrogens is 274 g/mol. The van der Waals surface area contributed by atoms with Crippen LogP contribution in [0.3, 0.4) is 0 Å². The van der Waals surface area contributed by atoms with E-state index >= 15 is 0 Å². The van der Waals surface area contributed by atoms with E-state index in [2.05, 4.69) is 32.7 Å². The Morgan fingerprint density at radius 3 is 2.30 bits per heavy atom. The van der Waals surface area contributed by atoms with E-state index in [9.17, 15) is 4.79 Å². The fraction of sp³-hybridized carbons (Fsp3) is 0.600. The molecule has 2 N–H and O–H groups in total. The average Bonchev–Trinajstić information content (AvgIpc) is 2.25.